The van der Waals surface area contributed by atoms with Crippen molar-refractivity contribution in [3.05, 3.63) is 23.8 Å². The molecular formula is C10H15ClN2O2. The van der Waals surface area contributed by atoms with Gasteiger partial charge in [0.25, 0.3) is 0 Å². The zero-order valence-electron chi connectivity index (χ0n) is 8.74. The zero-order valence-corrected chi connectivity index (χ0v) is 9.56. The van der Waals surface area contributed by atoms with E-state index in [1.165, 1.54) is 0 Å². The maximum absolute atomic E-state index is 7.26. The lowest BCUT2D eigenvalue weighted by Crippen LogP contribution is -2.11. The monoisotopic (exact) mass is 230 g/mol. The highest BCUT2D eigenvalue weighted by atomic mass is 35.5. The maximum atomic E-state index is 7.26. The molecule has 0 spiro atoms. The number of rotatable bonds is 4. The van der Waals surface area contributed by atoms with Crippen LogP contribution in [-0.2, 0) is 0 Å². The first-order valence-corrected chi connectivity index (χ1v) is 4.34. The van der Waals surface area contributed by atoms with Gasteiger partial charge in [-0.1, -0.05) is 0 Å². The molecular weight excluding hydrogens is 216 g/mol. The maximum Gasteiger partial charge on any atom is 0.161 e. The van der Waals surface area contributed by atoms with Crippen molar-refractivity contribution in [2.45, 2.75) is 6.92 Å². The predicted octanol–water partition coefficient (Wildman–Crippen LogP) is 1.80. The number of hydrogen-bond acceptors (Lipinski definition) is 3. The zero-order chi connectivity index (χ0) is 10.6. The van der Waals surface area contributed by atoms with Gasteiger partial charge in [-0.2, -0.15) is 0 Å². The summed E-state index contributed by atoms with van der Waals surface area (Å²) in [6.45, 7) is 2.48. The molecule has 0 unspecified atom stereocenters. The van der Waals surface area contributed by atoms with Crippen LogP contribution in [0.2, 0.25) is 0 Å². The van der Waals surface area contributed by atoms with Gasteiger partial charge in [0, 0.05) is 5.56 Å². The van der Waals surface area contributed by atoms with Crippen LogP contribution >= 0.6 is 12.4 Å². The Labute approximate surface area is 95.3 Å². The molecule has 1 aromatic carbocycles. The van der Waals surface area contributed by atoms with E-state index in [2.05, 4.69) is 0 Å². The Morgan fingerprint density at radius 1 is 1.40 bits per heavy atom. The van der Waals surface area contributed by atoms with Crippen molar-refractivity contribution in [1.29, 1.82) is 5.41 Å². The second-order valence-electron chi connectivity index (χ2n) is 2.71. The lowest BCUT2D eigenvalue weighted by atomic mass is 10.2. The van der Waals surface area contributed by atoms with E-state index in [4.69, 9.17) is 20.6 Å². The fourth-order valence-corrected chi connectivity index (χ4v) is 1.11. The molecule has 0 fully saturated rings. The number of nitrogens with two attached hydrogens (primary N) is 1. The van der Waals surface area contributed by atoms with Crippen LogP contribution in [-0.4, -0.2) is 19.6 Å². The van der Waals surface area contributed by atoms with Crippen LogP contribution in [0.3, 0.4) is 0 Å². The Balaban J connectivity index is 0.00000196. The number of hydrogen-bond donors (Lipinski definition) is 2. The Kier molecular flexibility index (Phi) is 5.56. The van der Waals surface area contributed by atoms with Crippen molar-refractivity contribution in [1.82, 2.24) is 0 Å². The van der Waals surface area contributed by atoms with E-state index in [0.717, 1.165) is 0 Å². The van der Waals surface area contributed by atoms with Gasteiger partial charge >= 0.3 is 0 Å². The molecule has 0 aliphatic heterocycles. The van der Waals surface area contributed by atoms with Gasteiger partial charge < -0.3 is 15.2 Å². The Hall–Kier alpha value is -1.42. The quantitative estimate of drug-likeness (QED) is 0.612. The van der Waals surface area contributed by atoms with E-state index in [9.17, 15) is 0 Å². The molecule has 3 N–H and O–H groups in total. The van der Waals surface area contributed by atoms with Gasteiger partial charge in [-0.3, -0.25) is 5.41 Å². The van der Waals surface area contributed by atoms with E-state index >= 15 is 0 Å². The molecule has 0 atom stereocenters. The van der Waals surface area contributed by atoms with Gasteiger partial charge in [-0.25, -0.2) is 0 Å². The van der Waals surface area contributed by atoms with Crippen molar-refractivity contribution in [2.75, 3.05) is 13.7 Å². The van der Waals surface area contributed by atoms with Gasteiger partial charge in [0.1, 0.15) is 5.84 Å². The van der Waals surface area contributed by atoms with E-state index in [1.54, 1.807) is 25.3 Å². The number of ether oxygens (including phenoxy) is 2. The Morgan fingerprint density at radius 2 is 2.07 bits per heavy atom. The minimum atomic E-state index is 0. The van der Waals surface area contributed by atoms with Crippen molar-refractivity contribution in [3.63, 3.8) is 0 Å². The topological polar surface area (TPSA) is 68.3 Å². The number of methoxy groups -OCH3 is 1. The van der Waals surface area contributed by atoms with E-state index < -0.39 is 0 Å². The average molecular weight is 231 g/mol. The molecule has 0 heterocycles. The fourth-order valence-electron chi connectivity index (χ4n) is 1.11. The van der Waals surface area contributed by atoms with Crippen molar-refractivity contribution in [3.8, 4) is 11.5 Å². The SMILES string of the molecule is CCOc1ccc(C(=N)N)cc1OC.Cl. The van der Waals surface area contributed by atoms with Gasteiger partial charge in [-0.05, 0) is 25.1 Å². The van der Waals surface area contributed by atoms with Crippen molar-refractivity contribution in [2.24, 2.45) is 5.73 Å². The third-order valence-corrected chi connectivity index (χ3v) is 1.77. The van der Waals surface area contributed by atoms with Crippen LogP contribution in [0.4, 0.5) is 0 Å². The van der Waals surface area contributed by atoms with Crippen LogP contribution in [0.25, 0.3) is 0 Å². The van der Waals surface area contributed by atoms with Crippen LogP contribution in [0.15, 0.2) is 18.2 Å². The van der Waals surface area contributed by atoms with E-state index in [0.29, 0.717) is 23.7 Å². The molecule has 1 rings (SSSR count). The second-order valence-corrected chi connectivity index (χ2v) is 2.71. The first-order valence-electron chi connectivity index (χ1n) is 4.34. The second kappa shape index (κ2) is 6.14. The largest absolute Gasteiger partial charge is 0.493 e. The Morgan fingerprint density at radius 3 is 2.53 bits per heavy atom. The number of halogens is 1. The first kappa shape index (κ1) is 13.6. The third kappa shape index (κ3) is 3.32. The molecule has 84 valence electrons. The summed E-state index contributed by atoms with van der Waals surface area (Å²) >= 11 is 0. The molecule has 0 aromatic heterocycles. The van der Waals surface area contributed by atoms with Gasteiger partial charge in [0.15, 0.2) is 11.5 Å². The predicted molar refractivity (Wildman–Crippen MR) is 62.4 cm³/mol. The molecule has 1 aromatic rings. The molecule has 0 bridgehead atoms. The summed E-state index contributed by atoms with van der Waals surface area (Å²) in [7, 11) is 1.56. The summed E-state index contributed by atoms with van der Waals surface area (Å²) in [5, 5.41) is 7.26. The number of benzene rings is 1. The van der Waals surface area contributed by atoms with Gasteiger partial charge in [0.05, 0.1) is 13.7 Å². The molecule has 0 aliphatic carbocycles. The highest BCUT2D eigenvalue weighted by molar-refractivity contribution is 5.95. The summed E-state index contributed by atoms with van der Waals surface area (Å²) < 4.78 is 10.4. The number of nitrogen functional groups attached to an aromatic ring is 1. The van der Waals surface area contributed by atoms with Crippen LogP contribution < -0.4 is 15.2 Å². The first-order chi connectivity index (χ1) is 6.69. The van der Waals surface area contributed by atoms with Crippen LogP contribution in [0.1, 0.15) is 12.5 Å². The molecule has 0 amide bonds. The summed E-state index contributed by atoms with van der Waals surface area (Å²) in [5.74, 6) is 1.28. The highest BCUT2D eigenvalue weighted by Crippen LogP contribution is 2.27. The van der Waals surface area contributed by atoms with Crippen molar-refractivity contribution >= 4 is 18.2 Å². The lowest BCUT2D eigenvalue weighted by Gasteiger charge is -2.10. The third-order valence-electron chi connectivity index (χ3n) is 1.77. The smallest absolute Gasteiger partial charge is 0.161 e. The summed E-state index contributed by atoms with van der Waals surface area (Å²) in [6, 6.07) is 5.17. The van der Waals surface area contributed by atoms with Gasteiger partial charge in [0.2, 0.25) is 0 Å². The standard InChI is InChI=1S/C10H14N2O2.ClH/c1-3-14-8-5-4-7(10(11)12)6-9(8)13-2;/h4-6H,3H2,1-2H3,(H3,11,12);1H. The molecule has 0 aliphatic rings. The number of nitrogens with one attached hydrogen (secondary N) is 1. The van der Waals surface area contributed by atoms with E-state index in [1.807, 2.05) is 6.92 Å². The van der Waals surface area contributed by atoms with Crippen molar-refractivity contribution < 1.29 is 9.47 Å². The average Bonchev–Trinajstić information content (AvgIpc) is 2.18. The molecule has 15 heavy (non-hydrogen) atoms. The molecule has 4 nitrogen and oxygen atoms in total. The highest BCUT2D eigenvalue weighted by Gasteiger charge is 2.06. The minimum absolute atomic E-state index is 0. The molecule has 0 saturated carbocycles. The molecule has 0 radical (unpaired) electrons. The summed E-state index contributed by atoms with van der Waals surface area (Å²) in [6.07, 6.45) is 0. The summed E-state index contributed by atoms with van der Waals surface area (Å²) in [5.41, 5.74) is 5.98. The summed E-state index contributed by atoms with van der Waals surface area (Å²) in [4.78, 5) is 0. The van der Waals surface area contributed by atoms with Crippen LogP contribution in [0, 0.1) is 5.41 Å². The number of amidine groups is 1. The lowest BCUT2D eigenvalue weighted by molar-refractivity contribution is 0.311. The molecule has 5 heteroatoms. The van der Waals surface area contributed by atoms with Crippen LogP contribution in [0.5, 0.6) is 11.5 Å². The molecule has 0 saturated heterocycles. The normalized spacial score (nSPS) is 8.93. The van der Waals surface area contributed by atoms with E-state index in [-0.39, 0.29) is 18.2 Å². The minimum Gasteiger partial charge on any atom is -0.493 e. The Bertz CT molecular complexity index is 342. The fraction of sp³-hybridized carbons (Fsp3) is 0.300. The van der Waals surface area contributed by atoms with Gasteiger partial charge in [-0.15, -0.1) is 12.4 Å².